The molecule has 0 atom stereocenters. The summed E-state index contributed by atoms with van der Waals surface area (Å²) in [7, 11) is 1.90. The van der Waals surface area contributed by atoms with Gasteiger partial charge in [-0.3, -0.25) is 0 Å². The van der Waals surface area contributed by atoms with Crippen LogP contribution in [0, 0.1) is 12.7 Å². The Hall–Kier alpha value is -1.39. The normalized spacial score (nSPS) is 10.6. The minimum Gasteiger partial charge on any atom is -0.488 e. The molecular weight excluding hydrogens is 321 g/mol. The summed E-state index contributed by atoms with van der Waals surface area (Å²) in [4.78, 5) is 0. The van der Waals surface area contributed by atoms with Gasteiger partial charge in [-0.05, 0) is 43.3 Å². The summed E-state index contributed by atoms with van der Waals surface area (Å²) in [6.45, 7) is 3.10. The van der Waals surface area contributed by atoms with Gasteiger partial charge in [-0.1, -0.05) is 34.1 Å². The second kappa shape index (κ2) is 6.86. The van der Waals surface area contributed by atoms with E-state index < -0.39 is 0 Å². The summed E-state index contributed by atoms with van der Waals surface area (Å²) < 4.78 is 19.9. The van der Waals surface area contributed by atoms with Crippen LogP contribution >= 0.6 is 15.9 Å². The Morgan fingerprint density at radius 2 is 2.05 bits per heavy atom. The minimum absolute atomic E-state index is 0.266. The van der Waals surface area contributed by atoms with Crippen molar-refractivity contribution in [2.75, 3.05) is 7.05 Å². The van der Waals surface area contributed by atoms with E-state index in [2.05, 4.69) is 21.2 Å². The molecule has 4 heteroatoms. The minimum atomic E-state index is -0.266. The van der Waals surface area contributed by atoms with Crippen LogP contribution in [0.5, 0.6) is 5.75 Å². The lowest BCUT2D eigenvalue weighted by atomic mass is 10.1. The molecule has 0 aromatic heterocycles. The number of aryl methyl sites for hydroxylation is 1. The Balaban J connectivity index is 2.18. The molecule has 0 unspecified atom stereocenters. The lowest BCUT2D eigenvalue weighted by Gasteiger charge is -2.14. The molecule has 2 rings (SSSR count). The van der Waals surface area contributed by atoms with Gasteiger partial charge >= 0.3 is 0 Å². The Morgan fingerprint density at radius 3 is 2.75 bits per heavy atom. The predicted molar refractivity (Wildman–Crippen MR) is 82.4 cm³/mol. The molecule has 0 radical (unpaired) electrons. The first kappa shape index (κ1) is 15.0. The van der Waals surface area contributed by atoms with Crippen LogP contribution in [-0.2, 0) is 13.2 Å². The van der Waals surface area contributed by atoms with E-state index >= 15 is 0 Å². The van der Waals surface area contributed by atoms with Crippen LogP contribution in [0.4, 0.5) is 4.39 Å². The topological polar surface area (TPSA) is 21.3 Å². The lowest BCUT2D eigenvalue weighted by Crippen LogP contribution is -2.08. The Labute approximate surface area is 127 Å². The average Bonchev–Trinajstić information content (AvgIpc) is 2.37. The summed E-state index contributed by atoms with van der Waals surface area (Å²) in [6, 6.07) is 10.8. The van der Waals surface area contributed by atoms with Gasteiger partial charge in [0.25, 0.3) is 0 Å². The van der Waals surface area contributed by atoms with Crippen LogP contribution in [0.25, 0.3) is 0 Å². The van der Waals surface area contributed by atoms with Crippen LogP contribution in [0.3, 0.4) is 0 Å². The number of hydrogen-bond donors (Lipinski definition) is 1. The molecule has 0 aliphatic rings. The van der Waals surface area contributed by atoms with Crippen molar-refractivity contribution in [2.24, 2.45) is 0 Å². The van der Waals surface area contributed by atoms with Gasteiger partial charge in [-0.25, -0.2) is 4.39 Å². The molecule has 0 heterocycles. The van der Waals surface area contributed by atoms with E-state index in [4.69, 9.17) is 4.74 Å². The van der Waals surface area contributed by atoms with E-state index in [-0.39, 0.29) is 5.82 Å². The molecule has 0 spiro atoms. The quantitative estimate of drug-likeness (QED) is 0.882. The molecular formula is C16H17BrFNO. The van der Waals surface area contributed by atoms with Crippen molar-refractivity contribution < 1.29 is 9.13 Å². The number of para-hydroxylation sites is 1. The third-order valence-corrected chi connectivity index (χ3v) is 3.42. The first-order valence-electron chi connectivity index (χ1n) is 6.41. The SMILES string of the molecule is CNCc1cccc(C)c1OCc1cc(F)cc(Br)c1. The molecule has 0 aliphatic heterocycles. The van der Waals surface area contributed by atoms with Crippen molar-refractivity contribution in [1.82, 2.24) is 5.32 Å². The number of rotatable bonds is 5. The molecule has 0 saturated carbocycles. The van der Waals surface area contributed by atoms with Crippen LogP contribution in [-0.4, -0.2) is 7.05 Å². The fourth-order valence-electron chi connectivity index (χ4n) is 2.10. The molecule has 20 heavy (non-hydrogen) atoms. The second-order valence-electron chi connectivity index (χ2n) is 4.66. The van der Waals surface area contributed by atoms with Gasteiger partial charge in [0.2, 0.25) is 0 Å². The van der Waals surface area contributed by atoms with Crippen LogP contribution in [0.1, 0.15) is 16.7 Å². The maximum atomic E-state index is 13.3. The van der Waals surface area contributed by atoms with Crippen molar-refractivity contribution in [3.8, 4) is 5.75 Å². The predicted octanol–water partition coefficient (Wildman–Crippen LogP) is 4.20. The third-order valence-electron chi connectivity index (χ3n) is 2.97. The molecule has 0 aliphatic carbocycles. The molecule has 2 aromatic carbocycles. The monoisotopic (exact) mass is 337 g/mol. The highest BCUT2D eigenvalue weighted by molar-refractivity contribution is 9.10. The smallest absolute Gasteiger partial charge is 0.127 e. The van der Waals surface area contributed by atoms with Gasteiger partial charge in [-0.15, -0.1) is 0 Å². The Kier molecular flexibility index (Phi) is 5.15. The van der Waals surface area contributed by atoms with Gasteiger partial charge in [0.1, 0.15) is 18.2 Å². The fourth-order valence-corrected chi connectivity index (χ4v) is 2.61. The maximum Gasteiger partial charge on any atom is 0.127 e. The maximum absolute atomic E-state index is 13.3. The van der Waals surface area contributed by atoms with Gasteiger partial charge in [-0.2, -0.15) is 0 Å². The van der Waals surface area contributed by atoms with Gasteiger partial charge in [0.15, 0.2) is 0 Å². The first-order valence-corrected chi connectivity index (χ1v) is 7.20. The summed E-state index contributed by atoms with van der Waals surface area (Å²) >= 11 is 3.29. The number of ether oxygens (including phenoxy) is 1. The van der Waals surface area contributed by atoms with Gasteiger partial charge < -0.3 is 10.1 Å². The highest BCUT2D eigenvalue weighted by Gasteiger charge is 2.07. The van der Waals surface area contributed by atoms with Gasteiger partial charge in [0, 0.05) is 16.6 Å². The van der Waals surface area contributed by atoms with Crippen molar-refractivity contribution in [2.45, 2.75) is 20.1 Å². The molecule has 0 fully saturated rings. The van der Waals surface area contributed by atoms with Crippen LogP contribution < -0.4 is 10.1 Å². The second-order valence-corrected chi connectivity index (χ2v) is 5.58. The van der Waals surface area contributed by atoms with Crippen molar-refractivity contribution in [3.05, 3.63) is 63.4 Å². The molecule has 0 saturated heterocycles. The van der Waals surface area contributed by atoms with E-state index in [9.17, 15) is 4.39 Å². The number of halogens is 2. The number of nitrogens with one attached hydrogen (secondary N) is 1. The zero-order valence-electron chi connectivity index (χ0n) is 11.5. The highest BCUT2D eigenvalue weighted by atomic mass is 79.9. The third kappa shape index (κ3) is 3.81. The van der Waals surface area contributed by atoms with E-state index in [0.717, 1.165) is 33.5 Å². The summed E-state index contributed by atoms with van der Waals surface area (Å²) in [5, 5.41) is 3.12. The lowest BCUT2D eigenvalue weighted by molar-refractivity contribution is 0.299. The standard InChI is InChI=1S/C16H17BrFNO/c1-11-4-3-5-13(9-19-2)16(11)20-10-12-6-14(17)8-15(18)7-12/h3-8,19H,9-10H2,1-2H3. The number of benzene rings is 2. The zero-order chi connectivity index (χ0) is 14.5. The van der Waals surface area contributed by atoms with Crippen LogP contribution in [0.2, 0.25) is 0 Å². The molecule has 0 amide bonds. The van der Waals surface area contributed by atoms with E-state index in [0.29, 0.717) is 6.61 Å². The molecule has 1 N–H and O–H groups in total. The first-order chi connectivity index (χ1) is 9.60. The molecule has 2 nitrogen and oxygen atoms in total. The van der Waals surface area contributed by atoms with Crippen molar-refractivity contribution in [1.29, 1.82) is 0 Å². The average molecular weight is 338 g/mol. The van der Waals surface area contributed by atoms with E-state index in [1.807, 2.05) is 38.2 Å². The molecule has 106 valence electrons. The summed E-state index contributed by atoms with van der Waals surface area (Å²) in [5.74, 6) is 0.598. The number of hydrogen-bond acceptors (Lipinski definition) is 2. The molecule has 0 bridgehead atoms. The Morgan fingerprint density at radius 1 is 1.25 bits per heavy atom. The molecule has 2 aromatic rings. The van der Waals surface area contributed by atoms with E-state index in [1.165, 1.54) is 12.1 Å². The fraction of sp³-hybridized carbons (Fsp3) is 0.250. The largest absolute Gasteiger partial charge is 0.488 e. The summed E-state index contributed by atoms with van der Waals surface area (Å²) in [5.41, 5.74) is 2.98. The van der Waals surface area contributed by atoms with Crippen molar-refractivity contribution >= 4 is 15.9 Å². The van der Waals surface area contributed by atoms with Gasteiger partial charge in [0.05, 0.1) is 0 Å². The zero-order valence-corrected chi connectivity index (χ0v) is 13.1. The highest BCUT2D eigenvalue weighted by Crippen LogP contribution is 2.25. The van der Waals surface area contributed by atoms with Crippen LogP contribution in [0.15, 0.2) is 40.9 Å². The summed E-state index contributed by atoms with van der Waals surface area (Å²) in [6.07, 6.45) is 0. The Bertz CT molecular complexity index is 581. The van der Waals surface area contributed by atoms with Crippen molar-refractivity contribution in [3.63, 3.8) is 0 Å². The van der Waals surface area contributed by atoms with E-state index in [1.54, 1.807) is 0 Å².